The lowest BCUT2D eigenvalue weighted by Gasteiger charge is -2.23. The first-order valence-electron chi connectivity index (χ1n) is 5.31. The van der Waals surface area contributed by atoms with Crippen molar-refractivity contribution in [2.24, 2.45) is 5.73 Å². The molecule has 0 aromatic carbocycles. The van der Waals surface area contributed by atoms with Gasteiger partial charge in [0.05, 0.1) is 5.56 Å². The zero-order chi connectivity index (χ0) is 12.0. The van der Waals surface area contributed by atoms with Gasteiger partial charge in [-0.2, -0.15) is 0 Å². The summed E-state index contributed by atoms with van der Waals surface area (Å²) in [6, 6.07) is 3.68. The molecule has 0 unspecified atom stereocenters. The Morgan fingerprint density at radius 1 is 1.62 bits per heavy atom. The van der Waals surface area contributed by atoms with E-state index in [4.69, 9.17) is 23.1 Å². The van der Waals surface area contributed by atoms with Crippen molar-refractivity contribution < 1.29 is 5.11 Å². The molecule has 0 spiro atoms. The van der Waals surface area contributed by atoms with Crippen molar-refractivity contribution >= 4 is 23.0 Å². The van der Waals surface area contributed by atoms with Gasteiger partial charge in [0.1, 0.15) is 10.8 Å². The zero-order valence-corrected chi connectivity index (χ0v) is 10.2. The smallest absolute Gasteiger partial charge is 0.138 e. The highest BCUT2D eigenvalue weighted by molar-refractivity contribution is 7.80. The van der Waals surface area contributed by atoms with Crippen molar-refractivity contribution in [3.8, 4) is 0 Å². The van der Waals surface area contributed by atoms with E-state index in [1.165, 1.54) is 0 Å². The molecule has 1 heterocycles. The number of hydrogen-bond acceptors (Lipinski definition) is 4. The van der Waals surface area contributed by atoms with E-state index in [2.05, 4.69) is 9.88 Å². The molecule has 16 heavy (non-hydrogen) atoms. The molecule has 0 radical (unpaired) electrons. The first kappa shape index (κ1) is 12.9. The SMILES string of the molecule is CCN(CCCO)c1ncccc1C(N)=S. The van der Waals surface area contributed by atoms with E-state index in [0.29, 0.717) is 11.4 Å². The molecule has 1 rings (SSSR count). The Morgan fingerprint density at radius 3 is 2.94 bits per heavy atom. The molecule has 1 aromatic rings. The Bertz CT molecular complexity index is 357. The number of pyridine rings is 1. The van der Waals surface area contributed by atoms with Crippen LogP contribution in [0.15, 0.2) is 18.3 Å². The van der Waals surface area contributed by atoms with Crippen LogP contribution in [-0.4, -0.2) is 34.8 Å². The average Bonchev–Trinajstić information content (AvgIpc) is 2.30. The largest absolute Gasteiger partial charge is 0.396 e. The van der Waals surface area contributed by atoms with Gasteiger partial charge in [0.2, 0.25) is 0 Å². The lowest BCUT2D eigenvalue weighted by atomic mass is 10.2. The molecule has 0 aliphatic carbocycles. The van der Waals surface area contributed by atoms with E-state index >= 15 is 0 Å². The summed E-state index contributed by atoms with van der Waals surface area (Å²) in [6.45, 7) is 3.77. The summed E-state index contributed by atoms with van der Waals surface area (Å²) in [5, 5.41) is 8.84. The Balaban J connectivity index is 2.94. The molecule has 0 bridgehead atoms. The normalized spacial score (nSPS) is 10.1. The fourth-order valence-electron chi connectivity index (χ4n) is 1.52. The first-order chi connectivity index (χ1) is 7.70. The molecule has 0 aliphatic rings. The van der Waals surface area contributed by atoms with Crippen molar-refractivity contribution in [1.82, 2.24) is 4.98 Å². The number of thiocarbonyl (C=S) groups is 1. The van der Waals surface area contributed by atoms with E-state index < -0.39 is 0 Å². The number of anilines is 1. The van der Waals surface area contributed by atoms with Crippen molar-refractivity contribution in [3.05, 3.63) is 23.9 Å². The summed E-state index contributed by atoms with van der Waals surface area (Å²) in [5.74, 6) is 0.797. The Hall–Kier alpha value is -1.20. The minimum absolute atomic E-state index is 0.172. The van der Waals surface area contributed by atoms with Gasteiger partial charge in [-0.25, -0.2) is 4.98 Å². The van der Waals surface area contributed by atoms with Gasteiger partial charge in [0, 0.05) is 25.9 Å². The van der Waals surface area contributed by atoms with Crippen LogP contribution >= 0.6 is 12.2 Å². The van der Waals surface area contributed by atoms with E-state index in [-0.39, 0.29) is 6.61 Å². The summed E-state index contributed by atoms with van der Waals surface area (Å²) < 4.78 is 0. The van der Waals surface area contributed by atoms with E-state index in [0.717, 1.165) is 24.5 Å². The molecule has 0 fully saturated rings. The number of aromatic nitrogens is 1. The van der Waals surface area contributed by atoms with E-state index in [9.17, 15) is 0 Å². The maximum Gasteiger partial charge on any atom is 0.138 e. The minimum atomic E-state index is 0.172. The van der Waals surface area contributed by atoms with Crippen LogP contribution in [-0.2, 0) is 0 Å². The minimum Gasteiger partial charge on any atom is -0.396 e. The second kappa shape index (κ2) is 6.40. The average molecular weight is 239 g/mol. The third kappa shape index (κ3) is 3.15. The van der Waals surface area contributed by atoms with Crippen LogP contribution in [0.3, 0.4) is 0 Å². The maximum atomic E-state index is 8.84. The number of nitrogens with zero attached hydrogens (tertiary/aromatic N) is 2. The van der Waals surface area contributed by atoms with Gasteiger partial charge in [0.15, 0.2) is 0 Å². The molecule has 0 saturated heterocycles. The summed E-state index contributed by atoms with van der Waals surface area (Å²) in [4.78, 5) is 6.71. The maximum absolute atomic E-state index is 8.84. The van der Waals surface area contributed by atoms with E-state index in [1.807, 2.05) is 19.1 Å². The molecule has 0 aliphatic heterocycles. The highest BCUT2D eigenvalue weighted by Crippen LogP contribution is 2.16. The van der Waals surface area contributed by atoms with Crippen LogP contribution in [0.2, 0.25) is 0 Å². The van der Waals surface area contributed by atoms with Gasteiger partial charge in [-0.15, -0.1) is 0 Å². The molecule has 1 aromatic heterocycles. The number of nitrogens with two attached hydrogens (primary N) is 1. The van der Waals surface area contributed by atoms with E-state index in [1.54, 1.807) is 6.20 Å². The van der Waals surface area contributed by atoms with Gasteiger partial charge < -0.3 is 15.7 Å². The second-order valence-corrected chi connectivity index (χ2v) is 3.84. The van der Waals surface area contributed by atoms with Crippen molar-refractivity contribution in [1.29, 1.82) is 0 Å². The van der Waals surface area contributed by atoms with Crippen LogP contribution in [0.1, 0.15) is 18.9 Å². The zero-order valence-electron chi connectivity index (χ0n) is 9.39. The molecule has 88 valence electrons. The molecule has 5 heteroatoms. The summed E-state index contributed by atoms with van der Waals surface area (Å²) in [6.07, 6.45) is 2.43. The van der Waals surface area contributed by atoms with Gasteiger partial charge in [-0.05, 0) is 25.5 Å². The second-order valence-electron chi connectivity index (χ2n) is 3.40. The predicted octanol–water partition coefficient (Wildman–Crippen LogP) is 0.925. The van der Waals surface area contributed by atoms with Gasteiger partial charge in [-0.1, -0.05) is 12.2 Å². The lowest BCUT2D eigenvalue weighted by molar-refractivity contribution is 0.289. The first-order valence-corrected chi connectivity index (χ1v) is 5.72. The Morgan fingerprint density at radius 2 is 2.38 bits per heavy atom. The number of hydrogen-bond donors (Lipinski definition) is 2. The monoisotopic (exact) mass is 239 g/mol. The Labute approximate surface area is 101 Å². The molecule has 0 atom stereocenters. The molecule has 4 nitrogen and oxygen atoms in total. The predicted molar refractivity (Wildman–Crippen MR) is 69.7 cm³/mol. The van der Waals surface area contributed by atoms with Crippen LogP contribution < -0.4 is 10.6 Å². The third-order valence-electron chi connectivity index (χ3n) is 2.32. The van der Waals surface area contributed by atoms with Crippen LogP contribution in [0.4, 0.5) is 5.82 Å². The number of aliphatic hydroxyl groups excluding tert-OH is 1. The highest BCUT2D eigenvalue weighted by Gasteiger charge is 2.11. The number of aliphatic hydroxyl groups is 1. The molecular formula is C11H17N3OS. The summed E-state index contributed by atoms with van der Waals surface area (Å²) in [5.41, 5.74) is 6.44. The van der Waals surface area contributed by atoms with Crippen LogP contribution in [0.5, 0.6) is 0 Å². The van der Waals surface area contributed by atoms with Gasteiger partial charge >= 0.3 is 0 Å². The highest BCUT2D eigenvalue weighted by atomic mass is 32.1. The van der Waals surface area contributed by atoms with Crippen LogP contribution in [0, 0.1) is 0 Å². The molecule has 3 N–H and O–H groups in total. The van der Waals surface area contributed by atoms with Crippen LogP contribution in [0.25, 0.3) is 0 Å². The fraction of sp³-hybridized carbons (Fsp3) is 0.455. The van der Waals surface area contributed by atoms with Crippen molar-refractivity contribution in [2.45, 2.75) is 13.3 Å². The van der Waals surface area contributed by atoms with Gasteiger partial charge in [0.25, 0.3) is 0 Å². The van der Waals surface area contributed by atoms with Gasteiger partial charge in [-0.3, -0.25) is 0 Å². The lowest BCUT2D eigenvalue weighted by Crippen LogP contribution is -2.28. The quantitative estimate of drug-likeness (QED) is 0.723. The standard InChI is InChI=1S/C11H17N3OS/c1-2-14(7-4-8-15)11-9(10(12)16)5-3-6-13-11/h3,5-6,15H,2,4,7-8H2,1H3,(H2,12,16). The number of rotatable bonds is 6. The summed E-state index contributed by atoms with van der Waals surface area (Å²) >= 11 is 4.99. The summed E-state index contributed by atoms with van der Waals surface area (Å²) in [7, 11) is 0. The topological polar surface area (TPSA) is 62.4 Å². The fourth-order valence-corrected chi connectivity index (χ4v) is 1.68. The third-order valence-corrected chi connectivity index (χ3v) is 2.54. The molecule has 0 saturated carbocycles. The Kier molecular flexibility index (Phi) is 5.14. The van der Waals surface area contributed by atoms with Crippen molar-refractivity contribution in [2.75, 3.05) is 24.6 Å². The molecule has 0 amide bonds. The van der Waals surface area contributed by atoms with Crippen molar-refractivity contribution in [3.63, 3.8) is 0 Å². The molecular weight excluding hydrogens is 222 g/mol.